The molecule has 0 radical (unpaired) electrons. The van der Waals surface area contributed by atoms with E-state index in [9.17, 15) is 4.79 Å². The second-order valence-corrected chi connectivity index (χ2v) is 7.73. The molecule has 158 valence electrons. The lowest BCUT2D eigenvalue weighted by atomic mass is 10.0. The fourth-order valence-electron chi connectivity index (χ4n) is 3.91. The Kier molecular flexibility index (Phi) is 6.43. The number of aryl methyl sites for hydroxylation is 1. The topological polar surface area (TPSA) is 58.9 Å². The number of nitrogens with zero attached hydrogens (tertiary/aromatic N) is 2. The van der Waals surface area contributed by atoms with Gasteiger partial charge in [-0.25, -0.2) is 4.98 Å². The normalized spacial score (nSPS) is 12.1. The number of para-hydroxylation sites is 2. The van der Waals surface area contributed by atoms with Gasteiger partial charge in [-0.3, -0.25) is 4.79 Å². The van der Waals surface area contributed by atoms with Crippen molar-refractivity contribution in [3.05, 3.63) is 90.3 Å². The van der Waals surface area contributed by atoms with Crippen molar-refractivity contribution in [2.75, 3.05) is 13.6 Å². The van der Waals surface area contributed by atoms with E-state index >= 15 is 0 Å². The van der Waals surface area contributed by atoms with Gasteiger partial charge in [-0.2, -0.15) is 0 Å². The van der Waals surface area contributed by atoms with Crippen molar-refractivity contribution in [3.63, 3.8) is 0 Å². The van der Waals surface area contributed by atoms with Crippen LogP contribution in [0.5, 0.6) is 0 Å². The largest absolute Gasteiger partial charge is 0.342 e. The third-order valence-corrected chi connectivity index (χ3v) is 5.61. The van der Waals surface area contributed by atoms with E-state index in [1.807, 2.05) is 74.8 Å². The lowest BCUT2D eigenvalue weighted by molar-refractivity contribution is 0.0932. The zero-order valence-electron chi connectivity index (χ0n) is 18.0. The zero-order valence-corrected chi connectivity index (χ0v) is 18.0. The van der Waals surface area contributed by atoms with Crippen molar-refractivity contribution >= 4 is 16.9 Å². The molecule has 3 aromatic carbocycles. The zero-order chi connectivity index (χ0) is 21.6. The Hall–Kier alpha value is -3.44. The van der Waals surface area contributed by atoms with Gasteiger partial charge in [0.1, 0.15) is 5.82 Å². The number of nitrogens with one attached hydrogen (secondary N) is 2. The molecule has 0 aliphatic carbocycles. The number of rotatable bonds is 8. The Balaban J connectivity index is 1.56. The average molecular weight is 413 g/mol. The monoisotopic (exact) mass is 412 g/mol. The number of hydrogen-bond acceptors (Lipinski definition) is 3. The predicted molar refractivity (Wildman–Crippen MR) is 126 cm³/mol. The molecule has 4 rings (SSSR count). The number of benzene rings is 3. The first-order valence-corrected chi connectivity index (χ1v) is 10.7. The Morgan fingerprint density at radius 3 is 2.32 bits per heavy atom. The van der Waals surface area contributed by atoms with Gasteiger partial charge in [-0.15, -0.1) is 0 Å². The number of carbonyl (C=O) groups is 1. The summed E-state index contributed by atoms with van der Waals surface area (Å²) in [5.74, 6) is 0.799. The number of imidazole rings is 1. The third kappa shape index (κ3) is 4.67. The minimum atomic E-state index is -0.160. The van der Waals surface area contributed by atoms with Crippen molar-refractivity contribution in [1.29, 1.82) is 0 Å². The first kappa shape index (κ1) is 20.8. The van der Waals surface area contributed by atoms with Crippen LogP contribution < -0.4 is 10.6 Å². The van der Waals surface area contributed by atoms with Crippen LogP contribution in [-0.4, -0.2) is 29.1 Å². The van der Waals surface area contributed by atoms with Crippen LogP contribution in [0.25, 0.3) is 22.2 Å². The van der Waals surface area contributed by atoms with Crippen LogP contribution in [0.1, 0.15) is 35.1 Å². The first-order valence-electron chi connectivity index (χ1n) is 10.7. The van der Waals surface area contributed by atoms with E-state index in [0.29, 0.717) is 5.56 Å². The lowest BCUT2D eigenvalue weighted by Gasteiger charge is -2.19. The summed E-state index contributed by atoms with van der Waals surface area (Å²) in [5.41, 5.74) is 4.90. The van der Waals surface area contributed by atoms with Crippen LogP contribution in [0, 0.1) is 0 Å². The third-order valence-electron chi connectivity index (χ3n) is 5.61. The van der Waals surface area contributed by atoms with Crippen LogP contribution in [0.3, 0.4) is 0 Å². The van der Waals surface area contributed by atoms with Crippen LogP contribution in [0.2, 0.25) is 0 Å². The van der Waals surface area contributed by atoms with Crippen molar-refractivity contribution in [3.8, 4) is 11.1 Å². The Morgan fingerprint density at radius 1 is 0.935 bits per heavy atom. The maximum Gasteiger partial charge on any atom is 0.251 e. The molecule has 31 heavy (non-hydrogen) atoms. The van der Waals surface area contributed by atoms with E-state index < -0.39 is 0 Å². The van der Waals surface area contributed by atoms with Gasteiger partial charge in [-0.1, -0.05) is 54.6 Å². The minimum Gasteiger partial charge on any atom is -0.342 e. The van der Waals surface area contributed by atoms with Gasteiger partial charge in [0.05, 0.1) is 17.1 Å². The van der Waals surface area contributed by atoms with Crippen molar-refractivity contribution in [1.82, 2.24) is 20.2 Å². The first-order chi connectivity index (χ1) is 15.2. The minimum absolute atomic E-state index is 0.0823. The van der Waals surface area contributed by atoms with Crippen molar-refractivity contribution < 1.29 is 4.79 Å². The summed E-state index contributed by atoms with van der Waals surface area (Å²) >= 11 is 0. The summed E-state index contributed by atoms with van der Waals surface area (Å²) in [6.45, 7) is 0.891. The molecule has 5 heteroatoms. The number of fused-ring (bicyclic) bond motifs is 1. The van der Waals surface area contributed by atoms with Gasteiger partial charge in [0, 0.05) is 12.6 Å². The molecule has 0 saturated heterocycles. The van der Waals surface area contributed by atoms with Gasteiger partial charge >= 0.3 is 0 Å². The van der Waals surface area contributed by atoms with Gasteiger partial charge in [0.25, 0.3) is 5.91 Å². The maximum atomic E-state index is 13.1. The van der Waals surface area contributed by atoms with E-state index in [0.717, 1.165) is 47.4 Å². The number of aromatic nitrogens is 2. The highest BCUT2D eigenvalue weighted by Crippen LogP contribution is 2.24. The highest BCUT2D eigenvalue weighted by atomic mass is 16.1. The van der Waals surface area contributed by atoms with E-state index in [4.69, 9.17) is 4.98 Å². The van der Waals surface area contributed by atoms with Crippen molar-refractivity contribution in [2.45, 2.75) is 18.9 Å². The predicted octanol–water partition coefficient (Wildman–Crippen LogP) is 4.71. The molecule has 2 N–H and O–H groups in total. The fraction of sp³-hybridized carbons (Fsp3) is 0.231. The Morgan fingerprint density at radius 2 is 1.61 bits per heavy atom. The van der Waals surface area contributed by atoms with Crippen LogP contribution in [0.4, 0.5) is 0 Å². The molecule has 1 atom stereocenters. The molecule has 1 amide bonds. The molecule has 0 fully saturated rings. The van der Waals surface area contributed by atoms with Crippen molar-refractivity contribution in [2.24, 2.45) is 7.05 Å². The van der Waals surface area contributed by atoms with Crippen LogP contribution >= 0.6 is 0 Å². The summed E-state index contributed by atoms with van der Waals surface area (Å²) in [6.07, 6.45) is 1.75. The fourth-order valence-corrected chi connectivity index (χ4v) is 3.91. The van der Waals surface area contributed by atoms with E-state index in [1.54, 1.807) is 0 Å². The molecule has 4 aromatic rings. The van der Waals surface area contributed by atoms with Gasteiger partial charge in [0.2, 0.25) is 0 Å². The smallest absolute Gasteiger partial charge is 0.251 e. The molecule has 0 saturated carbocycles. The molecule has 0 aliphatic heterocycles. The Bertz CT molecular complexity index is 1150. The summed E-state index contributed by atoms with van der Waals surface area (Å²) in [4.78, 5) is 17.9. The van der Waals surface area contributed by atoms with Gasteiger partial charge in [-0.05, 0) is 61.8 Å². The summed E-state index contributed by atoms with van der Waals surface area (Å²) in [7, 11) is 3.95. The molecule has 0 spiro atoms. The summed E-state index contributed by atoms with van der Waals surface area (Å²) in [5, 5.41) is 6.40. The molecule has 1 unspecified atom stereocenters. The van der Waals surface area contributed by atoms with Crippen LogP contribution in [-0.2, 0) is 7.05 Å². The average Bonchev–Trinajstić information content (AvgIpc) is 3.16. The maximum absolute atomic E-state index is 13.1. The number of amides is 1. The highest BCUT2D eigenvalue weighted by molar-refractivity contribution is 5.95. The number of hydrogen-bond donors (Lipinski definition) is 2. The van der Waals surface area contributed by atoms with E-state index in [1.165, 1.54) is 0 Å². The lowest BCUT2D eigenvalue weighted by Crippen LogP contribution is -2.31. The standard InChI is InChI=1S/C26H28N4O/c1-27-18-8-12-23(25-28-22-11-6-7-13-24(22)30(25)2)29-26(31)21-16-14-20(15-17-21)19-9-4-3-5-10-19/h3-7,9-11,13-17,23,27H,8,12,18H2,1-2H3,(H,29,31). The highest BCUT2D eigenvalue weighted by Gasteiger charge is 2.21. The SMILES string of the molecule is CNCCCC(NC(=O)c1ccc(-c2ccccc2)cc1)c1nc2ccccc2n1C. The van der Waals surface area contributed by atoms with E-state index in [2.05, 4.69) is 33.4 Å². The molecule has 1 aromatic heterocycles. The number of carbonyl (C=O) groups excluding carboxylic acids is 1. The summed E-state index contributed by atoms with van der Waals surface area (Å²) < 4.78 is 2.08. The second-order valence-electron chi connectivity index (χ2n) is 7.73. The molecular weight excluding hydrogens is 384 g/mol. The van der Waals surface area contributed by atoms with Gasteiger partial charge < -0.3 is 15.2 Å². The summed E-state index contributed by atoms with van der Waals surface area (Å²) in [6, 6.07) is 25.8. The second kappa shape index (κ2) is 9.58. The molecule has 1 heterocycles. The van der Waals surface area contributed by atoms with E-state index in [-0.39, 0.29) is 11.9 Å². The molecule has 0 aliphatic rings. The molecule has 0 bridgehead atoms. The molecular formula is C26H28N4O. The molecule has 5 nitrogen and oxygen atoms in total. The quantitative estimate of drug-likeness (QED) is 0.412. The Labute approximate surface area is 183 Å². The van der Waals surface area contributed by atoms with Crippen LogP contribution in [0.15, 0.2) is 78.9 Å². The van der Waals surface area contributed by atoms with Gasteiger partial charge in [0.15, 0.2) is 0 Å².